The molecular weight excluding hydrogens is 296 g/mol. The number of carbonyl (C=O) groups excluding carboxylic acids is 1. The SMILES string of the molecule is CCOC(=O)C(C)(O)c1ccc(O[Si](C)(C)C(C)(C)C)cc1. The van der Waals surface area contributed by atoms with E-state index in [0.717, 1.165) is 5.75 Å². The molecule has 5 heteroatoms. The zero-order valence-corrected chi connectivity index (χ0v) is 15.7. The maximum atomic E-state index is 11.8. The summed E-state index contributed by atoms with van der Waals surface area (Å²) in [6.07, 6.45) is 0. The van der Waals surface area contributed by atoms with Crippen molar-refractivity contribution < 1.29 is 19.1 Å². The van der Waals surface area contributed by atoms with Gasteiger partial charge in [-0.2, -0.15) is 0 Å². The van der Waals surface area contributed by atoms with Crippen LogP contribution in [0.3, 0.4) is 0 Å². The third-order valence-electron chi connectivity index (χ3n) is 4.27. The van der Waals surface area contributed by atoms with Crippen LogP contribution in [-0.4, -0.2) is 26.0 Å². The molecule has 0 aromatic heterocycles. The van der Waals surface area contributed by atoms with E-state index in [1.165, 1.54) is 6.92 Å². The van der Waals surface area contributed by atoms with Crippen molar-refractivity contribution in [3.63, 3.8) is 0 Å². The van der Waals surface area contributed by atoms with Crippen LogP contribution in [0.1, 0.15) is 40.2 Å². The third-order valence-corrected chi connectivity index (χ3v) is 8.63. The highest BCUT2D eigenvalue weighted by Crippen LogP contribution is 2.37. The molecule has 0 saturated carbocycles. The Labute approximate surface area is 134 Å². The van der Waals surface area contributed by atoms with E-state index in [4.69, 9.17) is 9.16 Å². The van der Waals surface area contributed by atoms with Crippen LogP contribution in [0, 0.1) is 0 Å². The van der Waals surface area contributed by atoms with E-state index in [1.54, 1.807) is 31.2 Å². The van der Waals surface area contributed by atoms with E-state index in [0.29, 0.717) is 5.56 Å². The summed E-state index contributed by atoms with van der Waals surface area (Å²) in [5.74, 6) is 0.114. The second-order valence-electron chi connectivity index (χ2n) is 7.18. The lowest BCUT2D eigenvalue weighted by Crippen LogP contribution is -2.43. The molecule has 1 unspecified atom stereocenters. The summed E-state index contributed by atoms with van der Waals surface area (Å²) in [6.45, 7) is 14.3. The van der Waals surface area contributed by atoms with Crippen LogP contribution in [0.4, 0.5) is 0 Å². The lowest BCUT2D eigenvalue weighted by molar-refractivity contribution is -0.164. The molecule has 0 heterocycles. The number of esters is 1. The van der Waals surface area contributed by atoms with E-state index < -0.39 is 19.9 Å². The number of rotatable bonds is 5. The molecule has 0 fully saturated rings. The third kappa shape index (κ3) is 4.11. The summed E-state index contributed by atoms with van der Waals surface area (Å²) in [4.78, 5) is 11.8. The molecule has 1 rings (SSSR count). The standard InChI is InChI=1S/C17H28O4Si/c1-8-20-15(18)17(5,19)13-9-11-14(12-10-13)21-22(6,7)16(2,3)4/h9-12,19H,8H2,1-7H3. The van der Waals surface area contributed by atoms with Crippen LogP contribution in [0.15, 0.2) is 24.3 Å². The Balaban J connectivity index is 2.94. The number of hydrogen-bond donors (Lipinski definition) is 1. The fraction of sp³-hybridized carbons (Fsp3) is 0.588. The summed E-state index contributed by atoms with van der Waals surface area (Å²) >= 11 is 0. The zero-order chi connectivity index (χ0) is 17.2. The maximum Gasteiger partial charge on any atom is 0.342 e. The van der Waals surface area contributed by atoms with E-state index in [9.17, 15) is 9.90 Å². The van der Waals surface area contributed by atoms with Gasteiger partial charge >= 0.3 is 5.97 Å². The fourth-order valence-corrected chi connectivity index (χ4v) is 2.72. The summed E-state index contributed by atoms with van der Waals surface area (Å²) < 4.78 is 11.1. The Morgan fingerprint density at radius 3 is 2.05 bits per heavy atom. The van der Waals surface area contributed by atoms with Gasteiger partial charge in [-0.1, -0.05) is 32.9 Å². The molecule has 22 heavy (non-hydrogen) atoms. The average molecular weight is 324 g/mol. The van der Waals surface area contributed by atoms with Gasteiger partial charge in [0.05, 0.1) is 6.61 Å². The van der Waals surface area contributed by atoms with E-state index >= 15 is 0 Å². The molecule has 124 valence electrons. The van der Waals surface area contributed by atoms with Crippen molar-refractivity contribution >= 4 is 14.3 Å². The summed E-state index contributed by atoms with van der Waals surface area (Å²) in [5.41, 5.74) is -1.15. The van der Waals surface area contributed by atoms with Crippen molar-refractivity contribution in [2.24, 2.45) is 0 Å². The highest BCUT2D eigenvalue weighted by molar-refractivity contribution is 6.74. The lowest BCUT2D eigenvalue weighted by Gasteiger charge is -2.36. The predicted octanol–water partition coefficient (Wildman–Crippen LogP) is 3.84. The van der Waals surface area contributed by atoms with Gasteiger partial charge < -0.3 is 14.3 Å². The highest BCUT2D eigenvalue weighted by Gasteiger charge is 2.39. The van der Waals surface area contributed by atoms with Crippen LogP contribution >= 0.6 is 0 Å². The van der Waals surface area contributed by atoms with Gasteiger partial charge in [-0.25, -0.2) is 4.79 Å². The van der Waals surface area contributed by atoms with Crippen molar-refractivity contribution in [1.82, 2.24) is 0 Å². The minimum absolute atomic E-state index is 0.113. The Morgan fingerprint density at radius 2 is 1.64 bits per heavy atom. The molecular formula is C17H28O4Si. The quantitative estimate of drug-likeness (QED) is 0.660. The van der Waals surface area contributed by atoms with Crippen LogP contribution < -0.4 is 4.43 Å². The highest BCUT2D eigenvalue weighted by atomic mass is 28.4. The molecule has 0 amide bonds. The van der Waals surface area contributed by atoms with Gasteiger partial charge in [-0.15, -0.1) is 0 Å². The number of ether oxygens (including phenoxy) is 1. The van der Waals surface area contributed by atoms with Crippen LogP contribution in [0.25, 0.3) is 0 Å². The monoisotopic (exact) mass is 324 g/mol. The van der Waals surface area contributed by atoms with Gasteiger partial charge in [0.25, 0.3) is 0 Å². The molecule has 0 aliphatic rings. The van der Waals surface area contributed by atoms with Crippen molar-refractivity contribution in [3.8, 4) is 5.75 Å². The molecule has 0 aliphatic heterocycles. The Bertz CT molecular complexity index is 512. The lowest BCUT2D eigenvalue weighted by atomic mass is 9.96. The molecule has 0 radical (unpaired) electrons. The molecule has 1 atom stereocenters. The first-order valence-corrected chi connectivity index (χ1v) is 10.5. The second-order valence-corrected chi connectivity index (χ2v) is 11.9. The Morgan fingerprint density at radius 1 is 1.14 bits per heavy atom. The smallest absolute Gasteiger partial charge is 0.342 e. The first-order chi connectivity index (χ1) is 9.91. The maximum absolute atomic E-state index is 11.8. The first kappa shape index (κ1) is 18.7. The zero-order valence-electron chi connectivity index (χ0n) is 14.7. The van der Waals surface area contributed by atoms with Gasteiger partial charge in [0.15, 0.2) is 5.60 Å². The fourth-order valence-electron chi connectivity index (χ4n) is 1.68. The second kappa shape index (κ2) is 6.42. The van der Waals surface area contributed by atoms with Gasteiger partial charge in [-0.05, 0) is 49.7 Å². The largest absolute Gasteiger partial charge is 0.544 e. The number of carbonyl (C=O) groups is 1. The van der Waals surface area contributed by atoms with Crippen molar-refractivity contribution in [3.05, 3.63) is 29.8 Å². The van der Waals surface area contributed by atoms with Gasteiger partial charge in [0.1, 0.15) is 5.75 Å². The number of aliphatic hydroxyl groups is 1. The molecule has 1 aromatic rings. The van der Waals surface area contributed by atoms with Gasteiger partial charge in [-0.3, -0.25) is 0 Å². The van der Waals surface area contributed by atoms with Crippen LogP contribution in [0.5, 0.6) is 5.75 Å². The summed E-state index contributed by atoms with van der Waals surface area (Å²) in [7, 11) is -1.90. The molecule has 0 spiro atoms. The minimum Gasteiger partial charge on any atom is -0.544 e. The molecule has 1 N–H and O–H groups in total. The minimum atomic E-state index is -1.90. The average Bonchev–Trinajstić information content (AvgIpc) is 2.37. The van der Waals surface area contributed by atoms with Gasteiger partial charge in [0.2, 0.25) is 8.32 Å². The first-order valence-electron chi connectivity index (χ1n) is 7.61. The van der Waals surface area contributed by atoms with E-state index in [2.05, 4.69) is 33.9 Å². The predicted molar refractivity (Wildman–Crippen MR) is 90.5 cm³/mol. The van der Waals surface area contributed by atoms with E-state index in [1.807, 2.05) is 0 Å². The Hall–Kier alpha value is -1.33. The molecule has 0 aliphatic carbocycles. The number of benzene rings is 1. The van der Waals surface area contributed by atoms with Crippen LogP contribution in [0.2, 0.25) is 18.1 Å². The molecule has 0 bridgehead atoms. The molecule has 0 saturated heterocycles. The van der Waals surface area contributed by atoms with E-state index in [-0.39, 0.29) is 11.6 Å². The summed E-state index contributed by atoms with van der Waals surface area (Å²) in [5, 5.41) is 10.4. The van der Waals surface area contributed by atoms with Crippen molar-refractivity contribution in [1.29, 1.82) is 0 Å². The normalized spacial score (nSPS) is 15.1. The topological polar surface area (TPSA) is 55.8 Å². The van der Waals surface area contributed by atoms with Crippen molar-refractivity contribution in [2.75, 3.05) is 6.61 Å². The number of hydrogen-bond acceptors (Lipinski definition) is 4. The van der Waals surface area contributed by atoms with Gasteiger partial charge in [0, 0.05) is 0 Å². The summed E-state index contributed by atoms with van der Waals surface area (Å²) in [6, 6.07) is 7.01. The van der Waals surface area contributed by atoms with Crippen LogP contribution in [-0.2, 0) is 15.1 Å². The molecule has 4 nitrogen and oxygen atoms in total. The molecule has 1 aromatic carbocycles. The van der Waals surface area contributed by atoms with Crippen molar-refractivity contribution in [2.45, 2.75) is 58.4 Å². The Kier molecular flexibility index (Phi) is 5.46.